The highest BCUT2D eigenvalue weighted by Crippen LogP contribution is 2.30. The normalized spacial score (nSPS) is 11.6. The number of benzene rings is 1. The van der Waals surface area contributed by atoms with E-state index in [2.05, 4.69) is 9.97 Å². The third-order valence-corrected chi connectivity index (χ3v) is 3.56. The Morgan fingerprint density at radius 3 is 2.58 bits per heavy atom. The molecule has 0 aliphatic rings. The molecule has 2 N–H and O–H groups in total. The second-order valence-electron chi connectivity index (χ2n) is 5.33. The topological polar surface area (TPSA) is 68.9 Å². The van der Waals surface area contributed by atoms with E-state index in [1.807, 2.05) is 0 Å². The summed E-state index contributed by atoms with van der Waals surface area (Å²) in [5.41, 5.74) is 6.61. The molecule has 0 aliphatic heterocycles. The summed E-state index contributed by atoms with van der Waals surface area (Å²) in [5, 5.41) is 0.397. The van der Waals surface area contributed by atoms with Crippen LogP contribution in [0.15, 0.2) is 48.8 Å². The third-order valence-electron chi connectivity index (χ3n) is 3.56. The molecule has 0 saturated heterocycles. The Kier molecular flexibility index (Phi) is 3.92. The maximum Gasteiger partial charge on any atom is 0.417 e. The van der Waals surface area contributed by atoms with Gasteiger partial charge in [0.25, 0.3) is 0 Å². The Hall–Kier alpha value is -2.96. The smallest absolute Gasteiger partial charge is 0.366 e. The van der Waals surface area contributed by atoms with Gasteiger partial charge in [-0.05, 0) is 35.9 Å². The van der Waals surface area contributed by atoms with E-state index in [0.29, 0.717) is 28.6 Å². The molecule has 0 atom stereocenters. The first-order valence-electron chi connectivity index (χ1n) is 7.03. The van der Waals surface area contributed by atoms with Gasteiger partial charge in [-0.2, -0.15) is 13.2 Å². The van der Waals surface area contributed by atoms with Crippen molar-refractivity contribution in [3.63, 3.8) is 0 Å². The first kappa shape index (κ1) is 15.9. The fraction of sp³-hybridized carbons (Fsp3) is 0.118. The zero-order chi connectivity index (χ0) is 17.3. The molecule has 0 spiro atoms. The number of fused-ring (bicyclic) bond motifs is 1. The Morgan fingerprint density at radius 2 is 1.88 bits per heavy atom. The van der Waals surface area contributed by atoms with Crippen LogP contribution in [0.4, 0.5) is 13.2 Å². The summed E-state index contributed by atoms with van der Waals surface area (Å²) in [6.45, 7) is 0. The molecule has 2 heterocycles. The highest BCUT2D eigenvalue weighted by Gasteiger charge is 2.31. The molecule has 4 nitrogen and oxygen atoms in total. The van der Waals surface area contributed by atoms with Crippen LogP contribution >= 0.6 is 0 Å². The van der Waals surface area contributed by atoms with Gasteiger partial charge in [0.1, 0.15) is 0 Å². The number of nitrogens with two attached hydrogens (primary N) is 1. The molecule has 0 bridgehead atoms. The number of alkyl halides is 3. The fourth-order valence-corrected chi connectivity index (χ4v) is 2.38. The molecule has 0 aliphatic carbocycles. The van der Waals surface area contributed by atoms with E-state index in [1.54, 1.807) is 24.3 Å². The van der Waals surface area contributed by atoms with Crippen molar-refractivity contribution in [3.05, 3.63) is 71.2 Å². The molecule has 0 fully saturated rings. The standard InChI is InChI=1S/C17H12F3N3O/c18-17(19,20)13-7-12-5-10(1-2-15(12)23-9-13)6-14-8-11(16(21)24)3-4-22-14/h1-5,7-9H,6H2,(H2,21,24). The number of carbonyl (C=O) groups excluding carboxylic acids is 1. The summed E-state index contributed by atoms with van der Waals surface area (Å²) in [6.07, 6.45) is -1.78. The van der Waals surface area contributed by atoms with E-state index in [1.165, 1.54) is 12.3 Å². The van der Waals surface area contributed by atoms with Crippen molar-refractivity contribution in [1.29, 1.82) is 0 Å². The molecule has 0 radical (unpaired) electrons. The zero-order valence-electron chi connectivity index (χ0n) is 12.3. The number of rotatable bonds is 3. The number of aromatic nitrogens is 2. The minimum absolute atomic E-state index is 0.335. The van der Waals surface area contributed by atoms with E-state index in [-0.39, 0.29) is 0 Å². The quantitative estimate of drug-likeness (QED) is 0.800. The minimum atomic E-state index is -4.44. The first-order valence-corrected chi connectivity index (χ1v) is 7.03. The number of amides is 1. The minimum Gasteiger partial charge on any atom is -0.366 e. The molecule has 3 rings (SSSR count). The summed E-state index contributed by atoms with van der Waals surface area (Å²) in [5.74, 6) is -0.559. The van der Waals surface area contributed by atoms with Gasteiger partial charge in [0.05, 0.1) is 11.1 Å². The van der Waals surface area contributed by atoms with Crippen molar-refractivity contribution in [2.24, 2.45) is 5.73 Å². The molecule has 1 amide bonds. The van der Waals surface area contributed by atoms with Crippen molar-refractivity contribution in [2.75, 3.05) is 0 Å². The predicted octanol–water partition coefficient (Wildman–Crippen LogP) is 3.34. The van der Waals surface area contributed by atoms with Gasteiger partial charge in [0.15, 0.2) is 0 Å². The molecule has 3 aromatic rings. The average molecular weight is 331 g/mol. The number of nitrogens with zero attached hydrogens (tertiary/aromatic N) is 2. The Bertz CT molecular complexity index is 922. The number of halogens is 3. The number of hydrogen-bond donors (Lipinski definition) is 1. The first-order chi connectivity index (χ1) is 11.3. The number of hydrogen-bond acceptors (Lipinski definition) is 3. The van der Waals surface area contributed by atoms with Crippen molar-refractivity contribution < 1.29 is 18.0 Å². The number of carbonyl (C=O) groups is 1. The average Bonchev–Trinajstić information content (AvgIpc) is 2.53. The summed E-state index contributed by atoms with van der Waals surface area (Å²) in [4.78, 5) is 19.2. The largest absolute Gasteiger partial charge is 0.417 e. The predicted molar refractivity (Wildman–Crippen MR) is 82.3 cm³/mol. The van der Waals surface area contributed by atoms with Gasteiger partial charge in [-0.15, -0.1) is 0 Å². The lowest BCUT2D eigenvalue weighted by molar-refractivity contribution is -0.137. The highest BCUT2D eigenvalue weighted by molar-refractivity contribution is 5.92. The van der Waals surface area contributed by atoms with Gasteiger partial charge < -0.3 is 5.73 Å². The van der Waals surface area contributed by atoms with Gasteiger partial charge in [-0.25, -0.2) is 0 Å². The number of primary amides is 1. The molecule has 0 unspecified atom stereocenters. The van der Waals surface area contributed by atoms with Gasteiger partial charge in [-0.3, -0.25) is 14.8 Å². The second kappa shape index (κ2) is 5.92. The SMILES string of the molecule is NC(=O)c1ccnc(Cc2ccc3ncc(C(F)(F)F)cc3c2)c1. The molecular weight excluding hydrogens is 319 g/mol. The molecule has 24 heavy (non-hydrogen) atoms. The lowest BCUT2D eigenvalue weighted by Gasteiger charge is -2.08. The summed E-state index contributed by atoms with van der Waals surface area (Å²) in [7, 11) is 0. The summed E-state index contributed by atoms with van der Waals surface area (Å²) < 4.78 is 38.4. The molecule has 7 heteroatoms. The van der Waals surface area contributed by atoms with Crippen LogP contribution in [0.5, 0.6) is 0 Å². The second-order valence-corrected chi connectivity index (χ2v) is 5.33. The van der Waals surface area contributed by atoms with Crippen molar-refractivity contribution in [2.45, 2.75) is 12.6 Å². The van der Waals surface area contributed by atoms with Gasteiger partial charge in [-0.1, -0.05) is 6.07 Å². The monoisotopic (exact) mass is 331 g/mol. The maximum absolute atomic E-state index is 12.8. The lowest BCUT2D eigenvalue weighted by atomic mass is 10.0. The van der Waals surface area contributed by atoms with Crippen LogP contribution in [0.3, 0.4) is 0 Å². The number of pyridine rings is 2. The van der Waals surface area contributed by atoms with Gasteiger partial charge in [0.2, 0.25) is 5.91 Å². The molecular formula is C17H12F3N3O. The molecule has 122 valence electrons. The summed E-state index contributed by atoms with van der Waals surface area (Å²) in [6, 6.07) is 9.20. The zero-order valence-corrected chi connectivity index (χ0v) is 12.3. The van der Waals surface area contributed by atoms with Crippen LogP contribution in [0, 0.1) is 0 Å². The molecule has 1 aromatic carbocycles. The molecule has 0 saturated carbocycles. The maximum atomic E-state index is 12.8. The van der Waals surface area contributed by atoms with E-state index in [4.69, 9.17) is 5.73 Å². The van der Waals surface area contributed by atoms with Crippen LogP contribution in [-0.4, -0.2) is 15.9 Å². The fourth-order valence-electron chi connectivity index (χ4n) is 2.38. The molecule has 2 aromatic heterocycles. The van der Waals surface area contributed by atoms with Crippen LogP contribution in [0.25, 0.3) is 10.9 Å². The summed E-state index contributed by atoms with van der Waals surface area (Å²) >= 11 is 0. The lowest BCUT2D eigenvalue weighted by Crippen LogP contribution is -2.11. The van der Waals surface area contributed by atoms with Crippen molar-refractivity contribution >= 4 is 16.8 Å². The highest BCUT2D eigenvalue weighted by atomic mass is 19.4. The van der Waals surface area contributed by atoms with E-state index >= 15 is 0 Å². The van der Waals surface area contributed by atoms with E-state index in [9.17, 15) is 18.0 Å². The van der Waals surface area contributed by atoms with Crippen LogP contribution in [0.1, 0.15) is 27.2 Å². The van der Waals surface area contributed by atoms with Crippen LogP contribution < -0.4 is 5.73 Å². The van der Waals surface area contributed by atoms with Gasteiger partial charge in [0, 0.05) is 35.5 Å². The Balaban J connectivity index is 1.95. The van der Waals surface area contributed by atoms with Crippen molar-refractivity contribution in [3.8, 4) is 0 Å². The van der Waals surface area contributed by atoms with Crippen LogP contribution in [-0.2, 0) is 12.6 Å². The van der Waals surface area contributed by atoms with Gasteiger partial charge >= 0.3 is 6.18 Å². The Labute approximate surface area is 135 Å². The third kappa shape index (κ3) is 3.34. The van der Waals surface area contributed by atoms with Crippen molar-refractivity contribution in [1.82, 2.24) is 9.97 Å². The van der Waals surface area contributed by atoms with E-state index < -0.39 is 17.6 Å². The van der Waals surface area contributed by atoms with Crippen LogP contribution in [0.2, 0.25) is 0 Å². The Morgan fingerprint density at radius 1 is 1.08 bits per heavy atom. The van der Waals surface area contributed by atoms with E-state index in [0.717, 1.165) is 17.8 Å².